The van der Waals surface area contributed by atoms with Crippen LogP contribution in [-0.2, 0) is 0 Å². The lowest BCUT2D eigenvalue weighted by atomic mass is 9.83. The molecule has 0 aromatic carbocycles. The van der Waals surface area contributed by atoms with Gasteiger partial charge in [-0.3, -0.25) is 0 Å². The Balaban J connectivity index is 2.07. The second-order valence-electron chi connectivity index (χ2n) is 4.28. The van der Waals surface area contributed by atoms with Gasteiger partial charge >= 0.3 is 0 Å². The van der Waals surface area contributed by atoms with E-state index in [4.69, 9.17) is 0 Å². The highest BCUT2D eigenvalue weighted by atomic mass is 16.3. The van der Waals surface area contributed by atoms with Crippen molar-refractivity contribution in [3.63, 3.8) is 0 Å². The summed E-state index contributed by atoms with van der Waals surface area (Å²) in [5.41, 5.74) is 0. The molecule has 1 fully saturated rings. The van der Waals surface area contributed by atoms with E-state index in [9.17, 15) is 4.91 Å². The molecular weight excluding hydrogens is 162 g/mol. The van der Waals surface area contributed by atoms with Gasteiger partial charge in [-0.2, -0.15) is 4.91 Å². The highest BCUT2D eigenvalue weighted by Crippen LogP contribution is 2.29. The van der Waals surface area contributed by atoms with Crippen molar-refractivity contribution in [1.82, 2.24) is 0 Å². The van der Waals surface area contributed by atoms with E-state index in [1.54, 1.807) is 0 Å². The first-order valence-corrected chi connectivity index (χ1v) is 5.69. The van der Waals surface area contributed by atoms with Crippen LogP contribution in [0.2, 0.25) is 0 Å². The number of nitroso groups, excluding NO2 is 1. The molecule has 0 N–H and O–H groups in total. The quantitative estimate of drug-likeness (QED) is 0.469. The molecule has 1 saturated carbocycles. The summed E-state index contributed by atoms with van der Waals surface area (Å²) >= 11 is 0. The van der Waals surface area contributed by atoms with Crippen LogP contribution in [0.25, 0.3) is 0 Å². The van der Waals surface area contributed by atoms with Crippen LogP contribution in [0.3, 0.4) is 0 Å². The molecule has 0 aliphatic heterocycles. The molecular formula is C11H21NO. The van der Waals surface area contributed by atoms with Gasteiger partial charge in [0.2, 0.25) is 0 Å². The van der Waals surface area contributed by atoms with Crippen LogP contribution < -0.4 is 0 Å². The minimum atomic E-state index is 0.141. The fraction of sp³-hybridized carbons (Fsp3) is 1.00. The van der Waals surface area contributed by atoms with E-state index in [0.29, 0.717) is 0 Å². The van der Waals surface area contributed by atoms with Crippen LogP contribution in [0.5, 0.6) is 0 Å². The van der Waals surface area contributed by atoms with Gasteiger partial charge < -0.3 is 0 Å². The third-order valence-corrected chi connectivity index (χ3v) is 3.18. The molecule has 0 radical (unpaired) electrons. The van der Waals surface area contributed by atoms with Gasteiger partial charge in [0.05, 0.1) is 6.04 Å². The van der Waals surface area contributed by atoms with Gasteiger partial charge in [0.1, 0.15) is 0 Å². The zero-order valence-electron chi connectivity index (χ0n) is 8.67. The molecule has 0 bridgehead atoms. The fourth-order valence-electron chi connectivity index (χ4n) is 2.22. The molecule has 0 aromatic rings. The predicted octanol–water partition coefficient (Wildman–Crippen LogP) is 3.89. The third kappa shape index (κ3) is 3.88. The molecule has 0 heterocycles. The average Bonchev–Trinajstić information content (AvgIpc) is 2.19. The summed E-state index contributed by atoms with van der Waals surface area (Å²) in [6, 6.07) is 0.141. The van der Waals surface area contributed by atoms with Gasteiger partial charge in [0, 0.05) is 0 Å². The lowest BCUT2D eigenvalue weighted by Crippen LogP contribution is -2.16. The van der Waals surface area contributed by atoms with Crippen LogP contribution in [0.15, 0.2) is 5.18 Å². The molecule has 76 valence electrons. The lowest BCUT2D eigenvalue weighted by Gasteiger charge is -2.24. The topological polar surface area (TPSA) is 29.4 Å². The van der Waals surface area contributed by atoms with Gasteiger partial charge in [-0.1, -0.05) is 37.8 Å². The summed E-state index contributed by atoms with van der Waals surface area (Å²) in [7, 11) is 0. The minimum absolute atomic E-state index is 0.141. The Morgan fingerprint density at radius 2 is 1.85 bits per heavy atom. The number of hydrogen-bond acceptors (Lipinski definition) is 2. The maximum absolute atomic E-state index is 10.3. The lowest BCUT2D eigenvalue weighted by molar-refractivity contribution is 0.303. The van der Waals surface area contributed by atoms with Gasteiger partial charge in [-0.25, -0.2) is 0 Å². The third-order valence-electron chi connectivity index (χ3n) is 3.18. The Labute approximate surface area is 81.1 Å². The Morgan fingerprint density at radius 3 is 2.38 bits per heavy atom. The van der Waals surface area contributed by atoms with E-state index >= 15 is 0 Å². The van der Waals surface area contributed by atoms with Crippen LogP contribution in [0, 0.1) is 10.8 Å². The van der Waals surface area contributed by atoms with Gasteiger partial charge in [0.15, 0.2) is 0 Å². The SMILES string of the molecule is CCCCCC1CCC(N=O)CC1. The summed E-state index contributed by atoms with van der Waals surface area (Å²) in [4.78, 5) is 10.3. The molecule has 0 saturated heterocycles. The molecule has 1 rings (SSSR count). The first kappa shape index (κ1) is 10.7. The normalized spacial score (nSPS) is 28.7. The van der Waals surface area contributed by atoms with Crippen molar-refractivity contribution in [2.45, 2.75) is 64.3 Å². The van der Waals surface area contributed by atoms with E-state index in [1.807, 2.05) is 0 Å². The van der Waals surface area contributed by atoms with Crippen molar-refractivity contribution in [2.75, 3.05) is 0 Å². The van der Waals surface area contributed by atoms with E-state index in [-0.39, 0.29) is 6.04 Å². The van der Waals surface area contributed by atoms with Crippen molar-refractivity contribution in [3.8, 4) is 0 Å². The Bertz CT molecular complexity index is 139. The molecule has 2 nitrogen and oxygen atoms in total. The smallest absolute Gasteiger partial charge is 0.0920 e. The van der Waals surface area contributed by atoms with Crippen molar-refractivity contribution in [2.24, 2.45) is 11.1 Å². The zero-order valence-corrected chi connectivity index (χ0v) is 8.67. The first-order valence-electron chi connectivity index (χ1n) is 5.69. The summed E-state index contributed by atoms with van der Waals surface area (Å²) in [6.07, 6.45) is 9.98. The van der Waals surface area contributed by atoms with Gasteiger partial charge in [0.25, 0.3) is 0 Å². The van der Waals surface area contributed by atoms with Crippen molar-refractivity contribution < 1.29 is 0 Å². The van der Waals surface area contributed by atoms with E-state index in [0.717, 1.165) is 18.8 Å². The highest BCUT2D eigenvalue weighted by molar-refractivity contribution is 4.76. The average molecular weight is 183 g/mol. The maximum atomic E-state index is 10.3. The molecule has 0 atom stereocenters. The fourth-order valence-corrected chi connectivity index (χ4v) is 2.22. The van der Waals surface area contributed by atoms with Crippen LogP contribution >= 0.6 is 0 Å². The van der Waals surface area contributed by atoms with E-state index in [1.165, 1.54) is 38.5 Å². The summed E-state index contributed by atoms with van der Waals surface area (Å²) < 4.78 is 0. The molecule has 0 spiro atoms. The Morgan fingerprint density at radius 1 is 1.15 bits per heavy atom. The highest BCUT2D eigenvalue weighted by Gasteiger charge is 2.20. The molecule has 1 aliphatic rings. The molecule has 0 unspecified atom stereocenters. The monoisotopic (exact) mass is 183 g/mol. The number of hydrogen-bond donors (Lipinski definition) is 0. The van der Waals surface area contributed by atoms with Crippen LogP contribution in [0.1, 0.15) is 58.3 Å². The zero-order chi connectivity index (χ0) is 9.52. The van der Waals surface area contributed by atoms with E-state index in [2.05, 4.69) is 12.1 Å². The number of nitrogens with zero attached hydrogens (tertiary/aromatic N) is 1. The molecule has 0 aromatic heterocycles. The molecule has 1 aliphatic carbocycles. The summed E-state index contributed by atoms with van der Waals surface area (Å²) in [6.45, 7) is 2.24. The number of rotatable bonds is 5. The second kappa shape index (κ2) is 6.11. The summed E-state index contributed by atoms with van der Waals surface area (Å²) in [5, 5.41) is 3.13. The number of unbranched alkanes of at least 4 members (excludes halogenated alkanes) is 2. The first-order chi connectivity index (χ1) is 6.36. The summed E-state index contributed by atoms with van der Waals surface area (Å²) in [5.74, 6) is 0.893. The Hall–Kier alpha value is -0.400. The van der Waals surface area contributed by atoms with Crippen molar-refractivity contribution >= 4 is 0 Å². The van der Waals surface area contributed by atoms with Gasteiger partial charge in [-0.05, 0) is 31.6 Å². The van der Waals surface area contributed by atoms with E-state index < -0.39 is 0 Å². The molecule has 13 heavy (non-hydrogen) atoms. The second-order valence-corrected chi connectivity index (χ2v) is 4.28. The minimum Gasteiger partial charge on any atom is -0.151 e. The van der Waals surface area contributed by atoms with Gasteiger partial charge in [-0.15, -0.1) is 0 Å². The maximum Gasteiger partial charge on any atom is 0.0920 e. The van der Waals surface area contributed by atoms with Crippen LogP contribution in [-0.4, -0.2) is 6.04 Å². The Kier molecular flexibility index (Phi) is 5.02. The molecule has 2 heteroatoms. The largest absolute Gasteiger partial charge is 0.151 e. The predicted molar refractivity (Wildman–Crippen MR) is 55.7 cm³/mol. The van der Waals surface area contributed by atoms with Crippen LogP contribution in [0.4, 0.5) is 0 Å². The molecule has 0 amide bonds. The van der Waals surface area contributed by atoms with Crippen molar-refractivity contribution in [1.29, 1.82) is 0 Å². The standard InChI is InChI=1S/C11H21NO/c1-2-3-4-5-10-6-8-11(12-13)9-7-10/h10-11H,2-9H2,1H3. The van der Waals surface area contributed by atoms with Crippen molar-refractivity contribution in [3.05, 3.63) is 4.91 Å².